The summed E-state index contributed by atoms with van der Waals surface area (Å²) in [5.74, 6) is -0.261. The average Bonchev–Trinajstić information content (AvgIpc) is 2.05. The van der Waals surface area contributed by atoms with Crippen LogP contribution in [0.15, 0.2) is 24.3 Å². The molecule has 0 spiro atoms. The quantitative estimate of drug-likeness (QED) is 0.575. The van der Waals surface area contributed by atoms with Crippen molar-refractivity contribution in [3.8, 4) is 5.75 Å². The number of carbonyl (C=O) groups excluding carboxylic acids is 1. The van der Waals surface area contributed by atoms with Gasteiger partial charge in [-0.2, -0.15) is 0 Å². The molecule has 0 aliphatic heterocycles. The summed E-state index contributed by atoms with van der Waals surface area (Å²) in [6.07, 6.45) is 0. The Morgan fingerprint density at radius 3 is 2.00 bits per heavy atom. The first-order valence-corrected chi connectivity index (χ1v) is 3.11. The summed E-state index contributed by atoms with van der Waals surface area (Å²) in [7, 11) is 1.31. The number of aromatic hydroxyl groups is 1. The molecule has 0 atom stereocenters. The van der Waals surface area contributed by atoms with Gasteiger partial charge in [0, 0.05) is 0 Å². The first-order valence-electron chi connectivity index (χ1n) is 3.11. The summed E-state index contributed by atoms with van der Waals surface area (Å²) in [6, 6.07) is 5.88. The third-order valence-electron chi connectivity index (χ3n) is 1.29. The van der Waals surface area contributed by atoms with Gasteiger partial charge in [-0.25, -0.2) is 4.79 Å². The van der Waals surface area contributed by atoms with Gasteiger partial charge in [-0.05, 0) is 24.3 Å². The molecule has 0 heterocycles. The van der Waals surface area contributed by atoms with Crippen LogP contribution in [0.4, 0.5) is 0 Å². The molecule has 0 saturated carbocycles. The zero-order chi connectivity index (χ0) is 8.27. The minimum Gasteiger partial charge on any atom is -2.00 e. The molecule has 0 bridgehead atoms. The smallest absolute Gasteiger partial charge is 2.00 e. The zero-order valence-electron chi connectivity index (χ0n) is 7.39. The molecule has 14 heavy (non-hydrogen) atoms. The molecule has 74 valence electrons. The van der Waals surface area contributed by atoms with Crippen LogP contribution in [0.5, 0.6) is 5.75 Å². The largest absolute Gasteiger partial charge is 4.00 e. The van der Waals surface area contributed by atoms with Crippen molar-refractivity contribution in [3.63, 3.8) is 0 Å². The number of rotatable bonds is 1. The van der Waals surface area contributed by atoms with Crippen molar-refractivity contribution in [2.75, 3.05) is 7.11 Å². The predicted molar refractivity (Wildman–Crippen MR) is 40.8 cm³/mol. The van der Waals surface area contributed by atoms with E-state index in [2.05, 4.69) is 4.74 Å². The van der Waals surface area contributed by atoms with Gasteiger partial charge in [0.05, 0.1) is 12.7 Å². The maximum absolute atomic E-state index is 10.8. The van der Waals surface area contributed by atoms with Crippen molar-refractivity contribution in [3.05, 3.63) is 29.8 Å². The molecule has 0 aliphatic rings. The fourth-order valence-electron chi connectivity index (χ4n) is 0.715. The molecule has 0 aliphatic carbocycles. The summed E-state index contributed by atoms with van der Waals surface area (Å²) >= 11 is 0. The normalized spacial score (nSPS) is 7.21. The Hall–Kier alpha value is -0.876. The Morgan fingerprint density at radius 1 is 1.21 bits per heavy atom. The first kappa shape index (κ1) is 18.8. The maximum Gasteiger partial charge on any atom is 4.00 e. The van der Waals surface area contributed by atoms with E-state index in [9.17, 15) is 4.79 Å². The van der Waals surface area contributed by atoms with Gasteiger partial charge in [0.15, 0.2) is 0 Å². The molecule has 0 unspecified atom stereocenters. The number of ether oxygens (including phenoxy) is 1. The van der Waals surface area contributed by atoms with Gasteiger partial charge in [0.1, 0.15) is 5.75 Å². The number of carbonyl (C=O) groups is 1. The molecule has 1 aromatic carbocycles. The Kier molecular flexibility index (Phi) is 11.7. The Morgan fingerprint density at radius 2 is 1.64 bits per heavy atom. The van der Waals surface area contributed by atoms with E-state index in [4.69, 9.17) is 5.11 Å². The second-order valence-electron chi connectivity index (χ2n) is 2.04. The second kappa shape index (κ2) is 8.71. The van der Waals surface area contributed by atoms with Gasteiger partial charge < -0.3 is 20.8 Å². The van der Waals surface area contributed by atoms with Crippen molar-refractivity contribution in [1.82, 2.24) is 0 Å². The minimum atomic E-state index is -0.398. The SMILES string of the molecule is COC(=O)c1ccc(O)cc1.[O-2].[O-2].[Ti+4]. The number of phenolic OH excluding ortho intramolecular Hbond substituents is 1. The first-order chi connectivity index (χ1) is 5.24. The number of phenols is 1. The molecule has 0 aromatic heterocycles. The molecule has 0 saturated heterocycles. The van der Waals surface area contributed by atoms with Gasteiger partial charge >= 0.3 is 27.7 Å². The molecular weight excluding hydrogens is 224 g/mol. The standard InChI is InChI=1S/C8H8O3.2O.Ti/c1-11-8(10)6-2-4-7(9)5-3-6;;;/h2-5,9H,1H3;;;/q;2*-2;+4. The van der Waals surface area contributed by atoms with E-state index in [0.29, 0.717) is 5.56 Å². The molecule has 1 N–H and O–H groups in total. The van der Waals surface area contributed by atoms with E-state index < -0.39 is 5.97 Å². The Balaban J connectivity index is -0.000000403. The van der Waals surface area contributed by atoms with Crippen LogP contribution in [0.3, 0.4) is 0 Å². The molecule has 0 radical (unpaired) electrons. The molecule has 6 heteroatoms. The summed E-state index contributed by atoms with van der Waals surface area (Å²) < 4.78 is 4.46. The molecule has 5 nitrogen and oxygen atoms in total. The average molecular weight is 232 g/mol. The van der Waals surface area contributed by atoms with Crippen molar-refractivity contribution in [2.24, 2.45) is 0 Å². The zero-order valence-corrected chi connectivity index (χ0v) is 8.95. The van der Waals surface area contributed by atoms with E-state index in [1.165, 1.54) is 31.4 Å². The van der Waals surface area contributed by atoms with Gasteiger partial charge in [0.25, 0.3) is 0 Å². The third kappa shape index (κ3) is 4.98. The monoisotopic (exact) mass is 232 g/mol. The number of hydrogen-bond donors (Lipinski definition) is 1. The summed E-state index contributed by atoms with van der Waals surface area (Å²) in [4.78, 5) is 10.8. The summed E-state index contributed by atoms with van der Waals surface area (Å²) in [5, 5.41) is 8.86. The molecule has 0 fully saturated rings. The Labute approximate surface area is 96.2 Å². The Bertz CT molecular complexity index is 259. The molecule has 0 amide bonds. The maximum atomic E-state index is 10.8. The fraction of sp³-hybridized carbons (Fsp3) is 0.125. The van der Waals surface area contributed by atoms with E-state index >= 15 is 0 Å². The number of benzene rings is 1. The second-order valence-corrected chi connectivity index (χ2v) is 2.04. The number of methoxy groups -OCH3 is 1. The van der Waals surface area contributed by atoms with E-state index in [0.717, 1.165) is 0 Å². The van der Waals surface area contributed by atoms with Crippen LogP contribution in [-0.4, -0.2) is 18.2 Å². The van der Waals surface area contributed by atoms with Crippen LogP contribution < -0.4 is 0 Å². The minimum absolute atomic E-state index is 0. The molecular formula is C8H8O5Ti. The van der Waals surface area contributed by atoms with Crippen molar-refractivity contribution in [2.45, 2.75) is 0 Å². The van der Waals surface area contributed by atoms with Crippen LogP contribution >= 0.6 is 0 Å². The van der Waals surface area contributed by atoms with Crippen LogP contribution in [-0.2, 0) is 37.4 Å². The summed E-state index contributed by atoms with van der Waals surface area (Å²) in [5.41, 5.74) is 0.435. The number of esters is 1. The van der Waals surface area contributed by atoms with E-state index in [1.54, 1.807) is 0 Å². The number of hydrogen-bond acceptors (Lipinski definition) is 3. The van der Waals surface area contributed by atoms with Crippen LogP contribution in [0.25, 0.3) is 0 Å². The van der Waals surface area contributed by atoms with E-state index in [1.807, 2.05) is 0 Å². The predicted octanol–water partition coefficient (Wildman–Crippen LogP) is 0.939. The van der Waals surface area contributed by atoms with Gasteiger partial charge in [-0.3, -0.25) is 0 Å². The van der Waals surface area contributed by atoms with Crippen LogP contribution in [0.1, 0.15) is 10.4 Å². The van der Waals surface area contributed by atoms with Gasteiger partial charge in [0.2, 0.25) is 0 Å². The van der Waals surface area contributed by atoms with E-state index in [-0.39, 0.29) is 38.4 Å². The fourth-order valence-corrected chi connectivity index (χ4v) is 0.715. The third-order valence-corrected chi connectivity index (χ3v) is 1.29. The molecule has 1 aromatic rings. The van der Waals surface area contributed by atoms with Gasteiger partial charge in [-0.15, -0.1) is 0 Å². The van der Waals surface area contributed by atoms with Crippen molar-refractivity contribution in [1.29, 1.82) is 0 Å². The van der Waals surface area contributed by atoms with Gasteiger partial charge in [-0.1, -0.05) is 0 Å². The van der Waals surface area contributed by atoms with Crippen molar-refractivity contribution < 1.29 is 47.3 Å². The van der Waals surface area contributed by atoms with Crippen LogP contribution in [0, 0.1) is 0 Å². The topological polar surface area (TPSA) is 104 Å². The van der Waals surface area contributed by atoms with Crippen LogP contribution in [0.2, 0.25) is 0 Å². The molecule has 1 rings (SSSR count). The van der Waals surface area contributed by atoms with Crippen molar-refractivity contribution >= 4 is 5.97 Å². The summed E-state index contributed by atoms with van der Waals surface area (Å²) in [6.45, 7) is 0.